The molecule has 2 heterocycles. The van der Waals surface area contributed by atoms with Crippen molar-refractivity contribution in [3.05, 3.63) is 29.6 Å². The molecule has 0 bridgehead atoms. The van der Waals surface area contributed by atoms with Crippen LogP contribution in [0.2, 0.25) is 0 Å². The largest absolute Gasteiger partial charge is 0.491 e. The number of amides is 2. The number of ether oxygens (including phenoxy) is 1. The Morgan fingerprint density at radius 3 is 2.76 bits per heavy atom. The van der Waals surface area contributed by atoms with Gasteiger partial charge in [0.05, 0.1) is 18.6 Å². The van der Waals surface area contributed by atoms with Crippen LogP contribution in [0, 0.1) is 11.7 Å². The summed E-state index contributed by atoms with van der Waals surface area (Å²) in [5.41, 5.74) is 0.885. The highest BCUT2D eigenvalue weighted by Crippen LogP contribution is 2.27. The standard InChI is InChI=1S/C18H24FN3O3/c1-3-25-16-5-4-12(6-15(16)19)8-21-10-14(11-21)22-9-13(7-17(22)23)18(24)20-2/h4-6,13-14H,3,7-11H2,1-2H3,(H,20,24). The van der Waals surface area contributed by atoms with Crippen molar-refractivity contribution in [3.8, 4) is 5.75 Å². The number of nitrogens with one attached hydrogen (secondary N) is 1. The summed E-state index contributed by atoms with van der Waals surface area (Å²) in [6, 6.07) is 5.17. The van der Waals surface area contributed by atoms with Gasteiger partial charge in [0.2, 0.25) is 11.8 Å². The molecular weight excluding hydrogens is 325 g/mol. The molecule has 7 heteroatoms. The summed E-state index contributed by atoms with van der Waals surface area (Å²) >= 11 is 0. The minimum atomic E-state index is -0.348. The van der Waals surface area contributed by atoms with Crippen molar-refractivity contribution in [1.82, 2.24) is 15.1 Å². The molecule has 136 valence electrons. The van der Waals surface area contributed by atoms with E-state index >= 15 is 0 Å². The maximum atomic E-state index is 13.9. The molecule has 2 saturated heterocycles. The lowest BCUT2D eigenvalue weighted by molar-refractivity contribution is -0.133. The predicted octanol–water partition coefficient (Wildman–Crippen LogP) is 1.00. The third-order valence-corrected chi connectivity index (χ3v) is 4.86. The van der Waals surface area contributed by atoms with E-state index in [2.05, 4.69) is 10.2 Å². The lowest BCUT2D eigenvalue weighted by Gasteiger charge is -2.44. The van der Waals surface area contributed by atoms with Gasteiger partial charge in [-0.15, -0.1) is 0 Å². The molecule has 1 atom stereocenters. The second kappa shape index (κ2) is 7.39. The predicted molar refractivity (Wildman–Crippen MR) is 90.5 cm³/mol. The molecular formula is C18H24FN3O3. The molecule has 1 aromatic rings. The average Bonchev–Trinajstić information content (AvgIpc) is 2.93. The maximum Gasteiger partial charge on any atom is 0.225 e. The third kappa shape index (κ3) is 3.76. The van der Waals surface area contributed by atoms with Crippen LogP contribution in [0.4, 0.5) is 4.39 Å². The van der Waals surface area contributed by atoms with Crippen molar-refractivity contribution in [1.29, 1.82) is 0 Å². The molecule has 0 saturated carbocycles. The summed E-state index contributed by atoms with van der Waals surface area (Å²) in [4.78, 5) is 27.8. The number of likely N-dealkylation sites (tertiary alicyclic amines) is 2. The van der Waals surface area contributed by atoms with E-state index in [9.17, 15) is 14.0 Å². The zero-order valence-electron chi connectivity index (χ0n) is 14.6. The quantitative estimate of drug-likeness (QED) is 0.832. The van der Waals surface area contributed by atoms with E-state index in [0.29, 0.717) is 26.1 Å². The Morgan fingerprint density at radius 1 is 1.36 bits per heavy atom. The second-order valence-electron chi connectivity index (χ2n) is 6.61. The van der Waals surface area contributed by atoms with Crippen LogP contribution in [0.3, 0.4) is 0 Å². The summed E-state index contributed by atoms with van der Waals surface area (Å²) in [6.07, 6.45) is 0.292. The van der Waals surface area contributed by atoms with Gasteiger partial charge in [0.15, 0.2) is 11.6 Å². The summed E-state index contributed by atoms with van der Waals surface area (Å²) in [6.45, 7) is 4.89. The fourth-order valence-corrected chi connectivity index (χ4v) is 3.51. The molecule has 1 unspecified atom stereocenters. The van der Waals surface area contributed by atoms with Gasteiger partial charge in [-0.2, -0.15) is 0 Å². The molecule has 1 aromatic carbocycles. The minimum Gasteiger partial charge on any atom is -0.491 e. The first-order chi connectivity index (χ1) is 12.0. The van der Waals surface area contributed by atoms with Crippen LogP contribution < -0.4 is 10.1 Å². The van der Waals surface area contributed by atoms with E-state index in [1.165, 1.54) is 6.07 Å². The van der Waals surface area contributed by atoms with Gasteiger partial charge in [-0.1, -0.05) is 6.07 Å². The molecule has 1 N–H and O–H groups in total. The molecule has 6 nitrogen and oxygen atoms in total. The fraction of sp³-hybridized carbons (Fsp3) is 0.556. The van der Waals surface area contributed by atoms with Crippen LogP contribution in [-0.2, 0) is 16.1 Å². The van der Waals surface area contributed by atoms with Crippen LogP contribution in [-0.4, -0.2) is 60.9 Å². The van der Waals surface area contributed by atoms with Crippen molar-refractivity contribution in [2.24, 2.45) is 5.92 Å². The van der Waals surface area contributed by atoms with E-state index < -0.39 is 0 Å². The van der Waals surface area contributed by atoms with E-state index in [-0.39, 0.29) is 35.3 Å². The van der Waals surface area contributed by atoms with Crippen LogP contribution in [0.1, 0.15) is 18.9 Å². The van der Waals surface area contributed by atoms with Crippen molar-refractivity contribution in [2.45, 2.75) is 25.9 Å². The first-order valence-electron chi connectivity index (χ1n) is 8.66. The molecule has 0 aliphatic carbocycles. The summed E-state index contributed by atoms with van der Waals surface area (Å²) in [5.74, 6) is -0.343. The van der Waals surface area contributed by atoms with E-state index in [1.807, 2.05) is 17.9 Å². The number of halogens is 1. The molecule has 0 radical (unpaired) electrons. The Kier molecular flexibility index (Phi) is 5.22. The zero-order chi connectivity index (χ0) is 18.0. The Morgan fingerprint density at radius 2 is 2.12 bits per heavy atom. The van der Waals surface area contributed by atoms with Gasteiger partial charge in [-0.05, 0) is 24.6 Å². The summed E-state index contributed by atoms with van der Waals surface area (Å²) in [5, 5.41) is 2.61. The van der Waals surface area contributed by atoms with Gasteiger partial charge in [0.25, 0.3) is 0 Å². The van der Waals surface area contributed by atoms with Crippen LogP contribution in [0.15, 0.2) is 18.2 Å². The van der Waals surface area contributed by atoms with E-state index in [4.69, 9.17) is 4.74 Å². The number of nitrogens with zero attached hydrogens (tertiary/aromatic N) is 2. The van der Waals surface area contributed by atoms with Crippen molar-refractivity contribution >= 4 is 11.8 Å². The Hall–Kier alpha value is -2.15. The maximum absolute atomic E-state index is 13.9. The number of hydrogen-bond donors (Lipinski definition) is 1. The highest BCUT2D eigenvalue weighted by atomic mass is 19.1. The summed E-state index contributed by atoms with van der Waals surface area (Å²) < 4.78 is 19.1. The summed E-state index contributed by atoms with van der Waals surface area (Å²) in [7, 11) is 1.59. The number of hydrogen-bond acceptors (Lipinski definition) is 4. The lowest BCUT2D eigenvalue weighted by Crippen LogP contribution is -2.59. The molecule has 3 rings (SSSR count). The smallest absolute Gasteiger partial charge is 0.225 e. The number of benzene rings is 1. The van der Waals surface area contributed by atoms with Crippen molar-refractivity contribution in [3.63, 3.8) is 0 Å². The van der Waals surface area contributed by atoms with Gasteiger partial charge in [0, 0.05) is 39.6 Å². The van der Waals surface area contributed by atoms with Crippen molar-refractivity contribution in [2.75, 3.05) is 33.3 Å². The normalized spacial score (nSPS) is 21.3. The van der Waals surface area contributed by atoms with Crippen LogP contribution >= 0.6 is 0 Å². The first kappa shape index (κ1) is 17.7. The molecule has 2 fully saturated rings. The first-order valence-corrected chi connectivity index (χ1v) is 8.66. The topological polar surface area (TPSA) is 61.9 Å². The zero-order valence-corrected chi connectivity index (χ0v) is 14.6. The molecule has 0 spiro atoms. The molecule has 2 aliphatic rings. The van der Waals surface area contributed by atoms with E-state index in [0.717, 1.165) is 18.7 Å². The average molecular weight is 349 g/mol. The van der Waals surface area contributed by atoms with Gasteiger partial charge in [0.1, 0.15) is 0 Å². The SMILES string of the molecule is CCOc1ccc(CN2CC(N3CC(C(=O)NC)CC3=O)C2)cc1F. The van der Waals surface area contributed by atoms with Crippen LogP contribution in [0.5, 0.6) is 5.75 Å². The second-order valence-corrected chi connectivity index (χ2v) is 6.61. The lowest BCUT2D eigenvalue weighted by atomic mass is 10.1. The van der Waals surface area contributed by atoms with Gasteiger partial charge < -0.3 is 15.0 Å². The van der Waals surface area contributed by atoms with Crippen molar-refractivity contribution < 1.29 is 18.7 Å². The highest BCUT2D eigenvalue weighted by molar-refractivity contribution is 5.89. The van der Waals surface area contributed by atoms with Gasteiger partial charge in [-0.25, -0.2) is 4.39 Å². The molecule has 2 aliphatic heterocycles. The Balaban J connectivity index is 1.51. The fourth-order valence-electron chi connectivity index (χ4n) is 3.51. The highest BCUT2D eigenvalue weighted by Gasteiger charge is 2.41. The Bertz CT molecular complexity index is 661. The molecule has 0 aromatic heterocycles. The van der Waals surface area contributed by atoms with Crippen LogP contribution in [0.25, 0.3) is 0 Å². The number of carbonyl (C=O) groups is 2. The Labute approximate surface area is 146 Å². The minimum absolute atomic E-state index is 0.0466. The molecule has 2 amide bonds. The van der Waals surface area contributed by atoms with E-state index in [1.54, 1.807) is 13.1 Å². The number of carbonyl (C=O) groups excluding carboxylic acids is 2. The number of rotatable bonds is 6. The van der Waals surface area contributed by atoms with Gasteiger partial charge >= 0.3 is 0 Å². The molecule has 25 heavy (non-hydrogen) atoms. The van der Waals surface area contributed by atoms with Gasteiger partial charge in [-0.3, -0.25) is 14.5 Å². The third-order valence-electron chi connectivity index (χ3n) is 4.86. The monoisotopic (exact) mass is 349 g/mol.